The summed E-state index contributed by atoms with van der Waals surface area (Å²) in [6.45, 7) is 1.91. The number of piperidine rings is 2. The molecule has 2 saturated heterocycles. The van der Waals surface area contributed by atoms with Gasteiger partial charge in [0.05, 0.1) is 0 Å². The molecule has 5 rings (SSSR count). The Bertz CT molecular complexity index is 899. The molecule has 0 bridgehead atoms. The van der Waals surface area contributed by atoms with Crippen LogP contribution in [0.1, 0.15) is 60.9 Å². The van der Waals surface area contributed by atoms with Crippen molar-refractivity contribution in [2.75, 3.05) is 13.1 Å². The first-order chi connectivity index (χ1) is 15.0. The fourth-order valence-electron chi connectivity index (χ4n) is 5.46. The van der Waals surface area contributed by atoms with Gasteiger partial charge in [0.15, 0.2) is 0 Å². The Kier molecular flexibility index (Phi) is 5.42. The van der Waals surface area contributed by atoms with Crippen LogP contribution in [0.15, 0.2) is 18.2 Å². The third-order valence-corrected chi connectivity index (χ3v) is 7.13. The quantitative estimate of drug-likeness (QED) is 0.743. The maximum atomic E-state index is 13.5. The van der Waals surface area contributed by atoms with E-state index in [0.717, 1.165) is 43.7 Å². The van der Waals surface area contributed by atoms with Crippen molar-refractivity contribution in [2.45, 2.75) is 75.8 Å². The van der Waals surface area contributed by atoms with Gasteiger partial charge in [0.25, 0.3) is 5.91 Å². The van der Waals surface area contributed by atoms with Crippen molar-refractivity contribution in [1.29, 1.82) is 0 Å². The van der Waals surface area contributed by atoms with Crippen molar-refractivity contribution in [3.63, 3.8) is 0 Å². The summed E-state index contributed by atoms with van der Waals surface area (Å²) in [6, 6.07) is 5.20. The number of hydrogen-bond acceptors (Lipinski definition) is 5. The Hall–Kier alpha value is -2.48. The molecular weight excluding hydrogens is 401 g/mol. The maximum Gasteiger partial charge on any atom is 0.255 e. The Morgan fingerprint density at radius 2 is 1.84 bits per heavy atom. The SMILES string of the molecule is O=C1CCC(N2Cc3cc(OC4CCCC4N4CCC(F)CC4)ccc3C2=O)C(=O)N1. The van der Waals surface area contributed by atoms with E-state index in [2.05, 4.69) is 10.2 Å². The first-order valence-electron chi connectivity index (χ1n) is 11.3. The minimum atomic E-state index is -0.682. The van der Waals surface area contributed by atoms with E-state index >= 15 is 0 Å². The van der Waals surface area contributed by atoms with Crippen LogP contribution >= 0.6 is 0 Å². The second-order valence-corrected chi connectivity index (χ2v) is 9.08. The van der Waals surface area contributed by atoms with Gasteiger partial charge >= 0.3 is 0 Å². The lowest BCUT2D eigenvalue weighted by molar-refractivity contribution is -0.136. The second-order valence-electron chi connectivity index (χ2n) is 9.08. The summed E-state index contributed by atoms with van der Waals surface area (Å²) in [5, 5.41) is 2.33. The predicted molar refractivity (Wildman–Crippen MR) is 110 cm³/mol. The molecule has 7 nitrogen and oxygen atoms in total. The number of hydrogen-bond donors (Lipinski definition) is 1. The number of alkyl halides is 1. The van der Waals surface area contributed by atoms with Crippen LogP contribution < -0.4 is 10.1 Å². The van der Waals surface area contributed by atoms with Gasteiger partial charge in [0.1, 0.15) is 24.1 Å². The van der Waals surface area contributed by atoms with E-state index in [1.165, 1.54) is 0 Å². The summed E-state index contributed by atoms with van der Waals surface area (Å²) in [6.07, 6.45) is 4.31. The highest BCUT2D eigenvalue weighted by molar-refractivity contribution is 6.05. The number of fused-ring (bicyclic) bond motifs is 1. The van der Waals surface area contributed by atoms with Crippen molar-refractivity contribution in [1.82, 2.24) is 15.1 Å². The number of rotatable bonds is 4. The lowest BCUT2D eigenvalue weighted by atomic mass is 10.0. The first kappa shape index (κ1) is 20.4. The van der Waals surface area contributed by atoms with Gasteiger partial charge in [-0.25, -0.2) is 4.39 Å². The minimum absolute atomic E-state index is 0.0672. The largest absolute Gasteiger partial charge is 0.489 e. The molecule has 31 heavy (non-hydrogen) atoms. The van der Waals surface area contributed by atoms with Crippen LogP contribution in [0.2, 0.25) is 0 Å². The summed E-state index contributed by atoms with van der Waals surface area (Å²) in [7, 11) is 0. The zero-order chi connectivity index (χ0) is 21.5. The molecule has 1 aromatic rings. The molecule has 8 heteroatoms. The zero-order valence-electron chi connectivity index (χ0n) is 17.5. The molecule has 3 aliphatic heterocycles. The highest BCUT2D eigenvalue weighted by atomic mass is 19.1. The summed E-state index contributed by atoms with van der Waals surface area (Å²) in [4.78, 5) is 40.4. The van der Waals surface area contributed by atoms with Crippen LogP contribution in [0.5, 0.6) is 5.75 Å². The topological polar surface area (TPSA) is 79.0 Å². The van der Waals surface area contributed by atoms with Crippen molar-refractivity contribution < 1.29 is 23.5 Å². The Morgan fingerprint density at radius 3 is 2.61 bits per heavy atom. The van der Waals surface area contributed by atoms with Gasteiger partial charge in [-0.3, -0.25) is 24.6 Å². The number of carbonyl (C=O) groups excluding carboxylic acids is 3. The van der Waals surface area contributed by atoms with Crippen LogP contribution in [0, 0.1) is 0 Å². The Labute approximate surface area is 180 Å². The predicted octanol–water partition coefficient (Wildman–Crippen LogP) is 2.18. The number of likely N-dealkylation sites (tertiary alicyclic amines) is 1. The average Bonchev–Trinajstić information content (AvgIpc) is 3.33. The molecule has 1 aromatic carbocycles. The fraction of sp³-hybridized carbons (Fsp3) is 0.609. The molecule has 0 spiro atoms. The van der Waals surface area contributed by atoms with Crippen molar-refractivity contribution in [3.8, 4) is 5.75 Å². The number of amides is 3. The molecule has 1 N–H and O–H groups in total. The van der Waals surface area contributed by atoms with E-state index in [-0.39, 0.29) is 24.3 Å². The average molecular weight is 429 g/mol. The smallest absolute Gasteiger partial charge is 0.255 e. The fourth-order valence-corrected chi connectivity index (χ4v) is 5.46. The van der Waals surface area contributed by atoms with E-state index in [4.69, 9.17) is 4.74 Å². The number of nitrogens with zero attached hydrogens (tertiary/aromatic N) is 2. The molecule has 1 aliphatic carbocycles. The monoisotopic (exact) mass is 429 g/mol. The van der Waals surface area contributed by atoms with E-state index in [1.807, 2.05) is 12.1 Å². The molecule has 3 heterocycles. The first-order valence-corrected chi connectivity index (χ1v) is 11.3. The third kappa shape index (κ3) is 3.93. The summed E-state index contributed by atoms with van der Waals surface area (Å²) in [5.41, 5.74) is 1.44. The lowest BCUT2D eigenvalue weighted by Gasteiger charge is -2.36. The molecule has 3 amide bonds. The highest BCUT2D eigenvalue weighted by Gasteiger charge is 2.40. The van der Waals surface area contributed by atoms with Gasteiger partial charge in [0, 0.05) is 37.7 Å². The van der Waals surface area contributed by atoms with Gasteiger partial charge in [-0.1, -0.05) is 0 Å². The molecule has 1 saturated carbocycles. The molecule has 3 fully saturated rings. The normalized spacial score (nSPS) is 29.9. The standard InChI is InChI=1S/C23H28FN3O4/c24-15-8-10-26(11-9-15)18-2-1-3-20(18)31-16-4-5-17-14(12-16)13-27(23(17)30)19-6-7-21(28)25-22(19)29/h4-5,12,15,18-20H,1-3,6-11,13H2,(H,25,28,29). The Balaban J connectivity index is 1.27. The van der Waals surface area contributed by atoms with Gasteiger partial charge in [0.2, 0.25) is 11.8 Å². The molecule has 0 radical (unpaired) electrons. The summed E-state index contributed by atoms with van der Waals surface area (Å²) < 4.78 is 19.9. The van der Waals surface area contributed by atoms with Crippen molar-refractivity contribution in [2.24, 2.45) is 0 Å². The van der Waals surface area contributed by atoms with Gasteiger partial charge < -0.3 is 9.64 Å². The van der Waals surface area contributed by atoms with Crippen LogP contribution in [0.3, 0.4) is 0 Å². The number of nitrogens with one attached hydrogen (secondary N) is 1. The number of carbonyl (C=O) groups is 3. The highest BCUT2D eigenvalue weighted by Crippen LogP contribution is 2.34. The molecule has 4 aliphatic rings. The summed E-state index contributed by atoms with van der Waals surface area (Å²) >= 11 is 0. The molecular formula is C23H28FN3O4. The molecule has 166 valence electrons. The Morgan fingerprint density at radius 1 is 1.03 bits per heavy atom. The lowest BCUT2D eigenvalue weighted by Crippen LogP contribution is -2.52. The minimum Gasteiger partial charge on any atom is -0.489 e. The second kappa shape index (κ2) is 8.22. The summed E-state index contributed by atoms with van der Waals surface area (Å²) in [5.74, 6) is -0.138. The van der Waals surface area contributed by atoms with Gasteiger partial charge in [-0.15, -0.1) is 0 Å². The molecule has 3 unspecified atom stereocenters. The number of ether oxygens (including phenoxy) is 1. The van der Waals surface area contributed by atoms with Crippen LogP contribution in [0.25, 0.3) is 0 Å². The van der Waals surface area contributed by atoms with Crippen LogP contribution in [0.4, 0.5) is 4.39 Å². The number of benzene rings is 1. The third-order valence-electron chi connectivity index (χ3n) is 7.13. The maximum absolute atomic E-state index is 13.5. The molecule has 3 atom stereocenters. The van der Waals surface area contributed by atoms with Gasteiger partial charge in [-0.2, -0.15) is 0 Å². The number of halogens is 1. The van der Waals surface area contributed by atoms with E-state index in [9.17, 15) is 18.8 Å². The van der Waals surface area contributed by atoms with Crippen LogP contribution in [-0.4, -0.2) is 65.0 Å². The van der Waals surface area contributed by atoms with Crippen molar-refractivity contribution >= 4 is 17.7 Å². The molecule has 0 aromatic heterocycles. The number of imide groups is 1. The van der Waals surface area contributed by atoms with Crippen LogP contribution in [-0.2, 0) is 16.1 Å². The van der Waals surface area contributed by atoms with E-state index in [1.54, 1.807) is 11.0 Å². The van der Waals surface area contributed by atoms with E-state index in [0.29, 0.717) is 37.4 Å². The van der Waals surface area contributed by atoms with Crippen molar-refractivity contribution in [3.05, 3.63) is 29.3 Å². The van der Waals surface area contributed by atoms with E-state index < -0.39 is 18.1 Å². The van der Waals surface area contributed by atoms with Gasteiger partial charge in [-0.05, 0) is 62.3 Å². The zero-order valence-corrected chi connectivity index (χ0v) is 17.5.